The van der Waals surface area contributed by atoms with E-state index < -0.39 is 0 Å². The number of hydrogen-bond acceptors (Lipinski definition) is 2. The average Bonchev–Trinajstić information content (AvgIpc) is 3.54. The molecule has 0 radical (unpaired) electrons. The van der Waals surface area contributed by atoms with E-state index in [2.05, 4.69) is 211 Å². The van der Waals surface area contributed by atoms with Crippen LogP contribution in [0.2, 0.25) is 0 Å². The van der Waals surface area contributed by atoms with Gasteiger partial charge in [0.25, 0.3) is 0 Å². The van der Waals surface area contributed by atoms with Crippen LogP contribution in [-0.2, 0) is 10.8 Å². The van der Waals surface area contributed by atoms with Crippen molar-refractivity contribution in [1.82, 2.24) is 0 Å². The molecule has 2 aliphatic heterocycles. The molecule has 0 fully saturated rings. The standard InChI is InChI=1S/C54H54N2/c1-51(2)29-27-37-13-9-11-15-49(37)55(51)39-21-25-43-41-23-19-35(31-45(41)53(5,6)47(43)33-39)17-18-36-20-24-42-44-26-22-40(34-48(44)54(7,8)46(42)32-36)56-50-16-12-10-14-38(50)28-30-52(56,3)4/h9-11,13-15,17-34,38,50H,12,16H2,1-8H3. The van der Waals surface area contributed by atoms with Crippen molar-refractivity contribution in [3.63, 3.8) is 0 Å². The van der Waals surface area contributed by atoms with Crippen LogP contribution in [0.15, 0.2) is 127 Å². The van der Waals surface area contributed by atoms with Crippen molar-refractivity contribution in [3.05, 3.63) is 166 Å². The van der Waals surface area contributed by atoms with E-state index in [1.54, 1.807) is 0 Å². The summed E-state index contributed by atoms with van der Waals surface area (Å²) in [7, 11) is 0. The minimum atomic E-state index is -0.131. The number of anilines is 3. The van der Waals surface area contributed by atoms with Gasteiger partial charge in [0.2, 0.25) is 0 Å². The van der Waals surface area contributed by atoms with Crippen LogP contribution in [0.3, 0.4) is 0 Å². The lowest BCUT2D eigenvalue weighted by molar-refractivity contribution is 0.383. The quantitative estimate of drug-likeness (QED) is 0.134. The van der Waals surface area contributed by atoms with Crippen LogP contribution in [0.4, 0.5) is 17.1 Å². The van der Waals surface area contributed by atoms with E-state index in [0.29, 0.717) is 12.0 Å². The van der Waals surface area contributed by atoms with Gasteiger partial charge >= 0.3 is 0 Å². The number of rotatable bonds is 4. The Morgan fingerprint density at radius 1 is 0.554 bits per heavy atom. The van der Waals surface area contributed by atoms with E-state index in [1.165, 1.54) is 84.7 Å². The molecule has 3 aliphatic carbocycles. The largest absolute Gasteiger partial charge is 0.359 e. The van der Waals surface area contributed by atoms with Crippen LogP contribution in [0, 0.1) is 5.92 Å². The van der Waals surface area contributed by atoms with Crippen molar-refractivity contribution in [3.8, 4) is 22.3 Å². The van der Waals surface area contributed by atoms with Gasteiger partial charge in [0.15, 0.2) is 0 Å². The van der Waals surface area contributed by atoms with Crippen molar-refractivity contribution >= 4 is 35.3 Å². The second-order valence-corrected chi connectivity index (χ2v) is 19.1. The molecule has 0 spiro atoms. The lowest BCUT2D eigenvalue weighted by atomic mass is 9.79. The van der Waals surface area contributed by atoms with Gasteiger partial charge in [-0.05, 0) is 132 Å². The van der Waals surface area contributed by atoms with Crippen LogP contribution in [0.25, 0.3) is 40.5 Å². The lowest BCUT2D eigenvalue weighted by Gasteiger charge is -2.50. The van der Waals surface area contributed by atoms with Crippen LogP contribution >= 0.6 is 0 Å². The zero-order valence-electron chi connectivity index (χ0n) is 34.3. The van der Waals surface area contributed by atoms with E-state index >= 15 is 0 Å². The fraction of sp³-hybridized carbons (Fsp3) is 0.296. The Kier molecular flexibility index (Phi) is 7.57. The molecule has 5 aromatic rings. The summed E-state index contributed by atoms with van der Waals surface area (Å²) < 4.78 is 0. The predicted octanol–water partition coefficient (Wildman–Crippen LogP) is 13.9. The molecule has 0 bridgehead atoms. The molecular formula is C54H54N2. The van der Waals surface area contributed by atoms with Gasteiger partial charge in [0.1, 0.15) is 0 Å². The third-order valence-electron chi connectivity index (χ3n) is 13.9. The SMILES string of the molecule is CC1(C)c2cc(C=Cc3ccc4c(c3)C(C)(C)c3cc(N5C6CCC=CC6C=CC5(C)C)ccc3-4)ccc2-c2ccc(N3c4ccccc4C=CC3(C)C)cc21. The molecule has 280 valence electrons. The van der Waals surface area contributed by atoms with Gasteiger partial charge in [0.05, 0.1) is 11.1 Å². The molecule has 2 heteroatoms. The van der Waals surface area contributed by atoms with Crippen molar-refractivity contribution in [2.45, 2.75) is 96.2 Å². The zero-order chi connectivity index (χ0) is 38.8. The maximum atomic E-state index is 2.70. The lowest BCUT2D eigenvalue weighted by Crippen LogP contribution is -2.54. The summed E-state index contributed by atoms with van der Waals surface area (Å²) in [4.78, 5) is 5.21. The summed E-state index contributed by atoms with van der Waals surface area (Å²) in [6.45, 7) is 19.0. The zero-order valence-corrected chi connectivity index (χ0v) is 34.3. The van der Waals surface area contributed by atoms with Gasteiger partial charge in [-0.3, -0.25) is 0 Å². The Morgan fingerprint density at radius 2 is 1.11 bits per heavy atom. The maximum Gasteiger partial charge on any atom is 0.0580 e. The Labute approximate surface area is 334 Å². The predicted molar refractivity (Wildman–Crippen MR) is 240 cm³/mol. The van der Waals surface area contributed by atoms with Gasteiger partial charge in [-0.1, -0.05) is 143 Å². The van der Waals surface area contributed by atoms with E-state index in [0.717, 1.165) is 6.42 Å². The van der Waals surface area contributed by atoms with Crippen LogP contribution < -0.4 is 9.80 Å². The van der Waals surface area contributed by atoms with Crippen LogP contribution in [0.1, 0.15) is 107 Å². The Morgan fingerprint density at radius 3 is 1.75 bits per heavy atom. The second-order valence-electron chi connectivity index (χ2n) is 19.1. The van der Waals surface area contributed by atoms with Crippen molar-refractivity contribution in [2.24, 2.45) is 5.92 Å². The third-order valence-corrected chi connectivity index (χ3v) is 13.9. The van der Waals surface area contributed by atoms with Crippen molar-refractivity contribution in [2.75, 3.05) is 9.80 Å². The summed E-state index contributed by atoms with van der Waals surface area (Å²) in [5, 5.41) is 0. The number of allylic oxidation sites excluding steroid dienone is 1. The van der Waals surface area contributed by atoms with Crippen molar-refractivity contribution in [1.29, 1.82) is 0 Å². The van der Waals surface area contributed by atoms with Gasteiger partial charge < -0.3 is 9.80 Å². The first-order valence-electron chi connectivity index (χ1n) is 20.7. The number of fused-ring (bicyclic) bond motifs is 8. The molecule has 0 saturated heterocycles. The van der Waals surface area contributed by atoms with Gasteiger partial charge in [-0.25, -0.2) is 0 Å². The first-order valence-corrected chi connectivity index (χ1v) is 20.7. The number of para-hydroxylation sites is 1. The second kappa shape index (κ2) is 12.1. The Balaban J connectivity index is 0.933. The fourth-order valence-electron chi connectivity index (χ4n) is 10.9. The first-order chi connectivity index (χ1) is 26.7. The van der Waals surface area contributed by atoms with Crippen LogP contribution in [0.5, 0.6) is 0 Å². The molecule has 56 heavy (non-hydrogen) atoms. The van der Waals surface area contributed by atoms with E-state index in [4.69, 9.17) is 0 Å². The van der Waals surface area contributed by atoms with E-state index in [9.17, 15) is 0 Å². The minimum absolute atomic E-state index is 0.0261. The summed E-state index contributed by atoms with van der Waals surface area (Å²) in [5.74, 6) is 0.484. The number of hydrogen-bond donors (Lipinski definition) is 0. The third kappa shape index (κ3) is 5.21. The summed E-state index contributed by atoms with van der Waals surface area (Å²) in [6.07, 6.45) is 21.2. The highest BCUT2D eigenvalue weighted by atomic mass is 15.2. The highest BCUT2D eigenvalue weighted by Gasteiger charge is 2.42. The first kappa shape index (κ1) is 35.1. The fourth-order valence-corrected chi connectivity index (χ4v) is 10.9. The summed E-state index contributed by atoms with van der Waals surface area (Å²) in [5.41, 5.74) is 18.3. The molecule has 0 N–H and O–H groups in total. The highest BCUT2D eigenvalue weighted by Crippen LogP contribution is 2.53. The topological polar surface area (TPSA) is 6.48 Å². The molecule has 5 aromatic carbocycles. The van der Waals surface area contributed by atoms with Gasteiger partial charge in [0, 0.05) is 39.9 Å². The molecule has 0 saturated carbocycles. The van der Waals surface area contributed by atoms with E-state index in [1.807, 2.05) is 0 Å². The van der Waals surface area contributed by atoms with Crippen molar-refractivity contribution < 1.29 is 0 Å². The molecular weight excluding hydrogens is 677 g/mol. The molecule has 2 heterocycles. The Hall–Kier alpha value is -5.34. The normalized spacial score (nSPS) is 22.4. The molecule has 2 atom stereocenters. The van der Waals surface area contributed by atoms with Gasteiger partial charge in [-0.15, -0.1) is 0 Å². The minimum Gasteiger partial charge on any atom is -0.359 e. The molecule has 5 aliphatic rings. The maximum absolute atomic E-state index is 2.70. The smallest absolute Gasteiger partial charge is 0.0580 e. The monoisotopic (exact) mass is 730 g/mol. The highest BCUT2D eigenvalue weighted by molar-refractivity contribution is 5.88. The Bertz CT molecular complexity index is 2570. The average molecular weight is 731 g/mol. The number of nitrogens with zero attached hydrogens (tertiary/aromatic N) is 2. The molecule has 0 aromatic heterocycles. The molecule has 0 amide bonds. The summed E-state index contributed by atoms with van der Waals surface area (Å²) >= 11 is 0. The number of benzene rings is 5. The van der Waals surface area contributed by atoms with Crippen LogP contribution in [-0.4, -0.2) is 17.1 Å². The molecule has 2 unspecified atom stereocenters. The van der Waals surface area contributed by atoms with E-state index in [-0.39, 0.29) is 21.9 Å². The molecule has 2 nitrogen and oxygen atoms in total. The summed E-state index contributed by atoms with van der Waals surface area (Å²) in [6, 6.07) is 37.8. The van der Waals surface area contributed by atoms with Gasteiger partial charge in [-0.2, -0.15) is 0 Å². The molecule has 10 rings (SSSR count).